The maximum Gasteiger partial charge on any atom is 0.122 e. The maximum absolute atomic E-state index is 5.63. The quantitative estimate of drug-likeness (QED) is 0.651. The van der Waals surface area contributed by atoms with Gasteiger partial charge in [0.25, 0.3) is 0 Å². The molecule has 2 heteroatoms. The van der Waals surface area contributed by atoms with Gasteiger partial charge in [0, 0.05) is 6.07 Å². The van der Waals surface area contributed by atoms with Crippen LogP contribution >= 0.6 is 0 Å². The fourth-order valence-electron chi connectivity index (χ4n) is 1.25. The number of hydrogen-bond acceptors (Lipinski definition) is 2. The molecule has 0 saturated heterocycles. The molecule has 0 aromatic heterocycles. The molecule has 0 unspecified atom stereocenters. The molecule has 0 aliphatic heterocycles. The first-order valence-electron chi connectivity index (χ1n) is 6.08. The van der Waals surface area contributed by atoms with Crippen molar-refractivity contribution in [2.75, 3.05) is 13.2 Å². The van der Waals surface area contributed by atoms with Crippen molar-refractivity contribution in [2.24, 2.45) is 5.92 Å². The van der Waals surface area contributed by atoms with Crippen molar-refractivity contribution in [3.8, 4) is 11.5 Å². The third-order valence-electron chi connectivity index (χ3n) is 2.16. The second kappa shape index (κ2) is 7.15. The highest BCUT2D eigenvalue weighted by Gasteiger charge is 1.99. The summed E-state index contributed by atoms with van der Waals surface area (Å²) in [4.78, 5) is 0. The Balaban J connectivity index is 2.43. The summed E-state index contributed by atoms with van der Waals surface area (Å²) in [5.74, 6) is 2.34. The third-order valence-corrected chi connectivity index (χ3v) is 2.16. The lowest BCUT2D eigenvalue weighted by Crippen LogP contribution is -2.04. The van der Waals surface area contributed by atoms with Crippen LogP contribution in [0.3, 0.4) is 0 Å². The van der Waals surface area contributed by atoms with Crippen LogP contribution in [-0.2, 0) is 0 Å². The Bertz CT molecular complexity index is 295. The maximum atomic E-state index is 5.63. The Morgan fingerprint density at radius 3 is 2.44 bits per heavy atom. The average molecular weight is 222 g/mol. The first kappa shape index (κ1) is 12.9. The standard InChI is InChI=1S/C14H22O2/c1-4-5-9-15-13-7-6-8-14(10-13)16-11-12(2)3/h6-8,10,12H,4-5,9,11H2,1-3H3. The normalized spacial score (nSPS) is 10.5. The zero-order chi connectivity index (χ0) is 11.8. The van der Waals surface area contributed by atoms with Crippen LogP contribution < -0.4 is 9.47 Å². The molecule has 0 amide bonds. The van der Waals surface area contributed by atoms with Gasteiger partial charge in [-0.2, -0.15) is 0 Å². The first-order valence-corrected chi connectivity index (χ1v) is 6.08. The largest absolute Gasteiger partial charge is 0.493 e. The van der Waals surface area contributed by atoms with Gasteiger partial charge in [0.15, 0.2) is 0 Å². The van der Waals surface area contributed by atoms with Gasteiger partial charge >= 0.3 is 0 Å². The lowest BCUT2D eigenvalue weighted by Gasteiger charge is -2.10. The molecule has 0 aliphatic carbocycles. The highest BCUT2D eigenvalue weighted by Crippen LogP contribution is 2.20. The van der Waals surface area contributed by atoms with Crippen LogP contribution in [0.2, 0.25) is 0 Å². The summed E-state index contributed by atoms with van der Waals surface area (Å²) in [5, 5.41) is 0. The van der Waals surface area contributed by atoms with E-state index in [1.807, 2.05) is 24.3 Å². The first-order chi connectivity index (χ1) is 7.72. The Morgan fingerprint density at radius 1 is 1.12 bits per heavy atom. The molecule has 90 valence electrons. The molecule has 0 saturated carbocycles. The Morgan fingerprint density at radius 2 is 1.81 bits per heavy atom. The fraction of sp³-hybridized carbons (Fsp3) is 0.571. The van der Waals surface area contributed by atoms with Gasteiger partial charge in [0.05, 0.1) is 13.2 Å². The van der Waals surface area contributed by atoms with E-state index in [1.165, 1.54) is 0 Å². The van der Waals surface area contributed by atoms with Crippen molar-refractivity contribution in [1.82, 2.24) is 0 Å². The number of benzene rings is 1. The van der Waals surface area contributed by atoms with E-state index in [9.17, 15) is 0 Å². The molecule has 0 aliphatic rings. The highest BCUT2D eigenvalue weighted by atomic mass is 16.5. The molecule has 16 heavy (non-hydrogen) atoms. The zero-order valence-corrected chi connectivity index (χ0v) is 10.5. The van der Waals surface area contributed by atoms with Crippen LogP contribution in [-0.4, -0.2) is 13.2 Å². The topological polar surface area (TPSA) is 18.5 Å². The minimum absolute atomic E-state index is 0.546. The molecule has 1 aromatic rings. The van der Waals surface area contributed by atoms with Gasteiger partial charge in [0.1, 0.15) is 11.5 Å². The summed E-state index contributed by atoms with van der Waals surface area (Å²) in [7, 11) is 0. The van der Waals surface area contributed by atoms with Crippen LogP contribution in [0.25, 0.3) is 0 Å². The van der Waals surface area contributed by atoms with Crippen LogP contribution in [0.15, 0.2) is 24.3 Å². The molecule has 0 bridgehead atoms. The van der Waals surface area contributed by atoms with Crippen LogP contribution in [0.4, 0.5) is 0 Å². The molecule has 0 N–H and O–H groups in total. The molecule has 0 radical (unpaired) electrons. The lowest BCUT2D eigenvalue weighted by molar-refractivity contribution is 0.266. The summed E-state index contributed by atoms with van der Waals surface area (Å²) in [5.41, 5.74) is 0. The number of rotatable bonds is 7. The van der Waals surface area contributed by atoms with Crippen molar-refractivity contribution in [2.45, 2.75) is 33.6 Å². The number of unbranched alkanes of at least 4 members (excludes halogenated alkanes) is 1. The van der Waals surface area contributed by atoms with E-state index in [1.54, 1.807) is 0 Å². The van der Waals surface area contributed by atoms with Crippen molar-refractivity contribution in [1.29, 1.82) is 0 Å². The minimum Gasteiger partial charge on any atom is -0.493 e. The van der Waals surface area contributed by atoms with Crippen molar-refractivity contribution >= 4 is 0 Å². The smallest absolute Gasteiger partial charge is 0.122 e. The van der Waals surface area contributed by atoms with Gasteiger partial charge in [-0.15, -0.1) is 0 Å². The molecular weight excluding hydrogens is 200 g/mol. The highest BCUT2D eigenvalue weighted by molar-refractivity contribution is 5.32. The molecule has 0 spiro atoms. The summed E-state index contributed by atoms with van der Waals surface area (Å²) in [6.45, 7) is 7.97. The summed E-state index contributed by atoms with van der Waals surface area (Å²) < 4.78 is 11.2. The van der Waals surface area contributed by atoms with Crippen LogP contribution in [0.5, 0.6) is 11.5 Å². The third kappa shape index (κ3) is 5.06. The zero-order valence-electron chi connectivity index (χ0n) is 10.5. The van der Waals surface area contributed by atoms with Gasteiger partial charge in [-0.25, -0.2) is 0 Å². The summed E-state index contributed by atoms with van der Waals surface area (Å²) in [6.07, 6.45) is 2.25. The summed E-state index contributed by atoms with van der Waals surface area (Å²) >= 11 is 0. The van der Waals surface area contributed by atoms with Crippen molar-refractivity contribution in [3.05, 3.63) is 24.3 Å². The Hall–Kier alpha value is -1.18. The molecule has 1 rings (SSSR count). The average Bonchev–Trinajstić information content (AvgIpc) is 2.27. The van der Waals surface area contributed by atoms with E-state index in [0.29, 0.717) is 5.92 Å². The second-order valence-electron chi connectivity index (χ2n) is 4.38. The SMILES string of the molecule is CCCCOc1cccc(OCC(C)C)c1. The number of hydrogen-bond donors (Lipinski definition) is 0. The van der Waals surface area contributed by atoms with Crippen molar-refractivity contribution in [3.63, 3.8) is 0 Å². The Kier molecular flexibility index (Phi) is 5.76. The molecule has 0 fully saturated rings. The fourth-order valence-corrected chi connectivity index (χ4v) is 1.25. The summed E-state index contributed by atoms with van der Waals surface area (Å²) in [6, 6.07) is 7.86. The molecule has 1 aromatic carbocycles. The molecular formula is C14H22O2. The van der Waals surface area contributed by atoms with Crippen molar-refractivity contribution < 1.29 is 9.47 Å². The van der Waals surface area contributed by atoms with Crippen LogP contribution in [0.1, 0.15) is 33.6 Å². The van der Waals surface area contributed by atoms with E-state index in [2.05, 4.69) is 20.8 Å². The predicted molar refractivity (Wildman–Crippen MR) is 67.2 cm³/mol. The predicted octanol–water partition coefficient (Wildman–Crippen LogP) is 3.90. The van der Waals surface area contributed by atoms with Crippen LogP contribution in [0, 0.1) is 5.92 Å². The van der Waals surface area contributed by atoms with E-state index < -0.39 is 0 Å². The molecule has 0 heterocycles. The minimum atomic E-state index is 0.546. The molecule has 2 nitrogen and oxygen atoms in total. The lowest BCUT2D eigenvalue weighted by atomic mass is 10.2. The van der Waals surface area contributed by atoms with Gasteiger partial charge < -0.3 is 9.47 Å². The second-order valence-corrected chi connectivity index (χ2v) is 4.38. The van der Waals surface area contributed by atoms with Gasteiger partial charge in [-0.05, 0) is 24.5 Å². The van der Waals surface area contributed by atoms with E-state index in [-0.39, 0.29) is 0 Å². The Labute approximate surface area is 98.6 Å². The van der Waals surface area contributed by atoms with Gasteiger partial charge in [0.2, 0.25) is 0 Å². The van der Waals surface area contributed by atoms with E-state index in [4.69, 9.17) is 9.47 Å². The van der Waals surface area contributed by atoms with Gasteiger partial charge in [-0.1, -0.05) is 33.3 Å². The van der Waals surface area contributed by atoms with Gasteiger partial charge in [-0.3, -0.25) is 0 Å². The molecule has 0 atom stereocenters. The number of ether oxygens (including phenoxy) is 2. The monoisotopic (exact) mass is 222 g/mol. The van der Waals surface area contributed by atoms with E-state index >= 15 is 0 Å². The van der Waals surface area contributed by atoms with E-state index in [0.717, 1.165) is 37.6 Å².